The number of amides is 1. The van der Waals surface area contributed by atoms with E-state index in [1.54, 1.807) is 0 Å². The number of rotatable bonds is 7. The van der Waals surface area contributed by atoms with E-state index in [1.807, 2.05) is 38.1 Å². The average molecular weight is 410 g/mol. The molecule has 1 amide bonds. The van der Waals surface area contributed by atoms with E-state index in [9.17, 15) is 4.79 Å². The predicted octanol–water partition coefficient (Wildman–Crippen LogP) is 2.49. The third kappa shape index (κ3) is 4.50. The van der Waals surface area contributed by atoms with Crippen LogP contribution >= 0.6 is 0 Å². The van der Waals surface area contributed by atoms with Gasteiger partial charge in [0.2, 0.25) is 0 Å². The molecule has 6 nitrogen and oxygen atoms in total. The fourth-order valence-corrected chi connectivity index (χ4v) is 3.94. The van der Waals surface area contributed by atoms with Gasteiger partial charge in [0.25, 0.3) is 5.91 Å². The summed E-state index contributed by atoms with van der Waals surface area (Å²) in [6.45, 7) is 9.52. The van der Waals surface area contributed by atoms with Gasteiger partial charge in [-0.25, -0.2) is 0 Å². The van der Waals surface area contributed by atoms with Gasteiger partial charge in [-0.2, -0.15) is 0 Å². The minimum absolute atomic E-state index is 0.199. The number of ether oxygens (including phenoxy) is 2. The van der Waals surface area contributed by atoms with Crippen LogP contribution in [0.3, 0.4) is 0 Å². The molecular weight excluding hydrogens is 380 g/mol. The van der Waals surface area contributed by atoms with Crippen molar-refractivity contribution >= 4 is 16.9 Å². The molecule has 158 valence electrons. The van der Waals surface area contributed by atoms with E-state index in [-0.39, 0.29) is 5.91 Å². The van der Waals surface area contributed by atoms with Crippen molar-refractivity contribution in [1.29, 1.82) is 0 Å². The highest BCUT2D eigenvalue weighted by molar-refractivity contribution is 5.99. The van der Waals surface area contributed by atoms with Crippen LogP contribution in [0.25, 0.3) is 11.0 Å². The molecule has 2 N–H and O–H groups in total. The SMILES string of the molecule is CCOc1ccc2oc(C(=O)NCc3ccccc3C[NH+]3CCOCC3)c(C)c2c1. The predicted molar refractivity (Wildman–Crippen MR) is 115 cm³/mol. The summed E-state index contributed by atoms with van der Waals surface area (Å²) in [7, 11) is 0. The monoisotopic (exact) mass is 409 g/mol. The van der Waals surface area contributed by atoms with Crippen LogP contribution < -0.4 is 15.0 Å². The van der Waals surface area contributed by atoms with E-state index in [0.717, 1.165) is 55.1 Å². The second-order valence-corrected chi connectivity index (χ2v) is 7.64. The van der Waals surface area contributed by atoms with E-state index >= 15 is 0 Å². The molecule has 0 atom stereocenters. The number of hydrogen-bond donors (Lipinski definition) is 2. The third-order valence-electron chi connectivity index (χ3n) is 5.62. The molecule has 0 spiro atoms. The van der Waals surface area contributed by atoms with Crippen molar-refractivity contribution in [1.82, 2.24) is 5.32 Å². The van der Waals surface area contributed by atoms with E-state index in [4.69, 9.17) is 13.9 Å². The van der Waals surface area contributed by atoms with Crippen molar-refractivity contribution < 1.29 is 23.6 Å². The normalized spacial score (nSPS) is 14.7. The fourth-order valence-electron chi connectivity index (χ4n) is 3.94. The molecule has 1 saturated heterocycles. The lowest BCUT2D eigenvalue weighted by atomic mass is 10.1. The van der Waals surface area contributed by atoms with E-state index in [1.165, 1.54) is 10.5 Å². The van der Waals surface area contributed by atoms with Gasteiger partial charge in [0.15, 0.2) is 5.76 Å². The number of carbonyl (C=O) groups is 1. The zero-order valence-corrected chi connectivity index (χ0v) is 17.6. The molecule has 1 aromatic heterocycles. The van der Waals surface area contributed by atoms with Crippen LogP contribution in [0.1, 0.15) is 34.2 Å². The zero-order chi connectivity index (χ0) is 20.9. The van der Waals surface area contributed by atoms with Crippen LogP contribution in [0.5, 0.6) is 5.75 Å². The Kier molecular flexibility index (Phi) is 6.35. The minimum Gasteiger partial charge on any atom is -0.494 e. The number of hydrogen-bond acceptors (Lipinski definition) is 4. The lowest BCUT2D eigenvalue weighted by molar-refractivity contribution is -0.921. The maximum atomic E-state index is 12.9. The van der Waals surface area contributed by atoms with Gasteiger partial charge in [-0.05, 0) is 37.6 Å². The highest BCUT2D eigenvalue weighted by Crippen LogP contribution is 2.29. The van der Waals surface area contributed by atoms with Gasteiger partial charge in [0.05, 0.1) is 19.8 Å². The first-order valence-corrected chi connectivity index (χ1v) is 10.6. The van der Waals surface area contributed by atoms with Crippen LogP contribution in [0, 0.1) is 6.92 Å². The van der Waals surface area contributed by atoms with Gasteiger partial charge in [0, 0.05) is 23.1 Å². The molecule has 1 aliphatic rings. The standard InChI is InChI=1S/C24H28N2O4/c1-3-29-20-8-9-22-21(14-20)17(2)23(30-22)24(27)25-15-18-6-4-5-7-19(18)16-26-10-12-28-13-11-26/h4-9,14H,3,10-13,15-16H2,1-2H3,(H,25,27)/p+1. The summed E-state index contributed by atoms with van der Waals surface area (Å²) >= 11 is 0. The fraction of sp³-hybridized carbons (Fsp3) is 0.375. The van der Waals surface area contributed by atoms with Gasteiger partial charge >= 0.3 is 0 Å². The van der Waals surface area contributed by atoms with Crippen molar-refractivity contribution in [3.63, 3.8) is 0 Å². The molecule has 1 fully saturated rings. The van der Waals surface area contributed by atoms with Gasteiger partial charge in [0.1, 0.15) is 31.0 Å². The van der Waals surface area contributed by atoms with Crippen LogP contribution in [-0.4, -0.2) is 38.8 Å². The molecule has 0 aliphatic carbocycles. The maximum Gasteiger partial charge on any atom is 0.287 e. The molecule has 2 heterocycles. The first kappa shape index (κ1) is 20.4. The maximum absolute atomic E-state index is 12.9. The first-order valence-electron chi connectivity index (χ1n) is 10.6. The number of furan rings is 1. The van der Waals surface area contributed by atoms with Gasteiger partial charge in [-0.1, -0.05) is 24.3 Å². The van der Waals surface area contributed by atoms with E-state index < -0.39 is 0 Å². The number of quaternary nitrogens is 1. The summed E-state index contributed by atoms with van der Waals surface area (Å²) < 4.78 is 16.9. The molecule has 30 heavy (non-hydrogen) atoms. The zero-order valence-electron chi connectivity index (χ0n) is 17.6. The summed E-state index contributed by atoms with van der Waals surface area (Å²) in [6, 6.07) is 13.9. The Labute approximate surface area is 176 Å². The van der Waals surface area contributed by atoms with E-state index in [2.05, 4.69) is 23.5 Å². The summed E-state index contributed by atoms with van der Waals surface area (Å²) in [4.78, 5) is 14.4. The molecule has 1 aliphatic heterocycles. The Morgan fingerprint density at radius 2 is 1.90 bits per heavy atom. The lowest BCUT2D eigenvalue weighted by Crippen LogP contribution is -3.12. The Morgan fingerprint density at radius 1 is 1.13 bits per heavy atom. The van der Waals surface area contributed by atoms with E-state index in [0.29, 0.717) is 24.5 Å². The van der Waals surface area contributed by atoms with Crippen molar-refractivity contribution in [2.24, 2.45) is 0 Å². The quantitative estimate of drug-likeness (QED) is 0.629. The third-order valence-corrected chi connectivity index (χ3v) is 5.62. The molecule has 4 rings (SSSR count). The summed E-state index contributed by atoms with van der Waals surface area (Å²) in [5.74, 6) is 0.936. The van der Waals surface area contributed by atoms with Crippen LogP contribution in [0.15, 0.2) is 46.9 Å². The molecule has 0 bridgehead atoms. The number of fused-ring (bicyclic) bond motifs is 1. The number of benzene rings is 2. The second-order valence-electron chi connectivity index (χ2n) is 7.64. The lowest BCUT2D eigenvalue weighted by Gasteiger charge is -2.24. The van der Waals surface area contributed by atoms with Crippen molar-refractivity contribution in [2.45, 2.75) is 26.9 Å². The highest BCUT2D eigenvalue weighted by atomic mass is 16.5. The Morgan fingerprint density at radius 3 is 2.67 bits per heavy atom. The highest BCUT2D eigenvalue weighted by Gasteiger charge is 2.19. The number of aryl methyl sites for hydroxylation is 1. The number of carbonyl (C=O) groups excluding carboxylic acids is 1. The smallest absolute Gasteiger partial charge is 0.287 e. The molecule has 6 heteroatoms. The molecule has 2 aromatic carbocycles. The summed E-state index contributed by atoms with van der Waals surface area (Å²) in [5.41, 5.74) is 3.92. The van der Waals surface area contributed by atoms with Crippen molar-refractivity contribution in [2.75, 3.05) is 32.9 Å². The molecule has 0 unspecified atom stereocenters. The van der Waals surface area contributed by atoms with Crippen molar-refractivity contribution in [3.05, 3.63) is 64.9 Å². The molecule has 0 radical (unpaired) electrons. The largest absolute Gasteiger partial charge is 0.494 e. The Balaban J connectivity index is 1.47. The first-order chi connectivity index (χ1) is 14.7. The minimum atomic E-state index is -0.199. The van der Waals surface area contributed by atoms with Crippen molar-refractivity contribution in [3.8, 4) is 5.75 Å². The van der Waals surface area contributed by atoms with Gasteiger partial charge in [-0.15, -0.1) is 0 Å². The number of morpholine rings is 1. The Hall–Kier alpha value is -2.83. The number of nitrogens with one attached hydrogen (secondary N) is 2. The summed E-state index contributed by atoms with van der Waals surface area (Å²) in [6.07, 6.45) is 0. The van der Waals surface area contributed by atoms with Crippen LogP contribution in [0.4, 0.5) is 0 Å². The topological polar surface area (TPSA) is 65.1 Å². The Bertz CT molecular complexity index is 1020. The van der Waals surface area contributed by atoms with Crippen LogP contribution in [-0.2, 0) is 17.8 Å². The van der Waals surface area contributed by atoms with Crippen LogP contribution in [0.2, 0.25) is 0 Å². The second kappa shape index (κ2) is 9.32. The molecule has 3 aromatic rings. The molecule has 0 saturated carbocycles. The van der Waals surface area contributed by atoms with Gasteiger partial charge < -0.3 is 24.1 Å². The molecular formula is C24H29N2O4+. The average Bonchev–Trinajstić information content (AvgIpc) is 3.10. The van der Waals surface area contributed by atoms with Gasteiger partial charge in [-0.3, -0.25) is 4.79 Å². The summed E-state index contributed by atoms with van der Waals surface area (Å²) in [5, 5.41) is 3.94.